The van der Waals surface area contributed by atoms with Crippen molar-refractivity contribution in [2.24, 2.45) is 0 Å². The third kappa shape index (κ3) is 3.86. The number of benzene rings is 1. The Bertz CT molecular complexity index is 319. The summed E-state index contributed by atoms with van der Waals surface area (Å²) in [7, 11) is 0. The minimum absolute atomic E-state index is 0.409. The molecule has 1 atom stereocenters. The summed E-state index contributed by atoms with van der Waals surface area (Å²) in [5.74, 6) is 0.931. The molecule has 0 bridgehead atoms. The van der Waals surface area contributed by atoms with Crippen molar-refractivity contribution in [1.82, 2.24) is 0 Å². The van der Waals surface area contributed by atoms with Gasteiger partial charge in [0.1, 0.15) is 5.75 Å². The Morgan fingerprint density at radius 1 is 1.31 bits per heavy atom. The van der Waals surface area contributed by atoms with Gasteiger partial charge in [0.05, 0.1) is 12.7 Å². The van der Waals surface area contributed by atoms with Crippen molar-refractivity contribution in [3.8, 4) is 5.75 Å². The van der Waals surface area contributed by atoms with Crippen molar-refractivity contribution >= 4 is 0 Å². The summed E-state index contributed by atoms with van der Waals surface area (Å²) < 4.78 is 5.69. The van der Waals surface area contributed by atoms with Gasteiger partial charge >= 0.3 is 0 Å². The molecule has 1 aromatic carbocycles. The van der Waals surface area contributed by atoms with Gasteiger partial charge in [-0.2, -0.15) is 0 Å². The molecule has 16 heavy (non-hydrogen) atoms. The van der Waals surface area contributed by atoms with Crippen molar-refractivity contribution in [1.29, 1.82) is 0 Å². The largest absolute Gasteiger partial charge is 0.493 e. The van der Waals surface area contributed by atoms with Crippen molar-refractivity contribution in [3.63, 3.8) is 0 Å². The van der Waals surface area contributed by atoms with Gasteiger partial charge in [-0.15, -0.1) is 0 Å². The Morgan fingerprint density at radius 3 is 2.62 bits per heavy atom. The van der Waals surface area contributed by atoms with E-state index in [1.807, 2.05) is 25.1 Å². The quantitative estimate of drug-likeness (QED) is 0.745. The summed E-state index contributed by atoms with van der Waals surface area (Å²) in [5.41, 5.74) is 2.04. The zero-order valence-electron chi connectivity index (χ0n) is 10.5. The van der Waals surface area contributed by atoms with Crippen LogP contribution in [0.4, 0.5) is 0 Å². The van der Waals surface area contributed by atoms with Crippen LogP contribution in [0.5, 0.6) is 5.75 Å². The highest BCUT2D eigenvalue weighted by atomic mass is 16.5. The highest BCUT2D eigenvalue weighted by Gasteiger charge is 2.04. The number of aliphatic hydroxyl groups excluding tert-OH is 1. The van der Waals surface area contributed by atoms with Crippen LogP contribution in [0, 0.1) is 6.92 Å². The molecule has 90 valence electrons. The highest BCUT2D eigenvalue weighted by Crippen LogP contribution is 2.22. The molecule has 0 aliphatic carbocycles. The van der Waals surface area contributed by atoms with E-state index in [-0.39, 0.29) is 0 Å². The average Bonchev–Trinajstić information content (AvgIpc) is 2.26. The Morgan fingerprint density at radius 2 is 2.06 bits per heavy atom. The molecule has 1 aromatic rings. The molecule has 0 saturated carbocycles. The van der Waals surface area contributed by atoms with Crippen LogP contribution in [0.2, 0.25) is 0 Å². The summed E-state index contributed by atoms with van der Waals surface area (Å²) >= 11 is 0. The van der Waals surface area contributed by atoms with Gasteiger partial charge in [-0.3, -0.25) is 0 Å². The van der Waals surface area contributed by atoms with Crippen LogP contribution in [0.15, 0.2) is 18.2 Å². The van der Waals surface area contributed by atoms with Gasteiger partial charge in [-0.1, -0.05) is 25.8 Å². The first kappa shape index (κ1) is 13.0. The summed E-state index contributed by atoms with van der Waals surface area (Å²) in [5, 5.41) is 9.44. The second kappa shape index (κ2) is 6.54. The van der Waals surface area contributed by atoms with E-state index in [9.17, 15) is 5.11 Å². The summed E-state index contributed by atoms with van der Waals surface area (Å²) in [6.07, 6.45) is 3.12. The number of aryl methyl sites for hydroxylation is 1. The minimum Gasteiger partial charge on any atom is -0.493 e. The van der Waals surface area contributed by atoms with E-state index in [1.165, 1.54) is 12.8 Å². The Balaban J connectivity index is 2.54. The van der Waals surface area contributed by atoms with E-state index in [0.717, 1.165) is 29.9 Å². The van der Waals surface area contributed by atoms with E-state index < -0.39 is 6.10 Å². The number of hydrogen-bond donors (Lipinski definition) is 1. The van der Waals surface area contributed by atoms with E-state index >= 15 is 0 Å². The SMILES string of the molecule is CCCCCOc1ccc(C(C)O)cc1C. The van der Waals surface area contributed by atoms with Crippen LogP contribution in [-0.4, -0.2) is 11.7 Å². The van der Waals surface area contributed by atoms with Crippen LogP contribution >= 0.6 is 0 Å². The van der Waals surface area contributed by atoms with Gasteiger partial charge in [0.2, 0.25) is 0 Å². The van der Waals surface area contributed by atoms with Crippen molar-refractivity contribution < 1.29 is 9.84 Å². The molecular weight excluding hydrogens is 200 g/mol. The molecule has 1 N–H and O–H groups in total. The number of aliphatic hydroxyl groups is 1. The van der Waals surface area contributed by atoms with Crippen molar-refractivity contribution in [3.05, 3.63) is 29.3 Å². The Kier molecular flexibility index (Phi) is 5.33. The molecule has 0 heterocycles. The predicted molar refractivity (Wildman–Crippen MR) is 66.8 cm³/mol. The molecule has 0 saturated heterocycles. The fraction of sp³-hybridized carbons (Fsp3) is 0.571. The zero-order valence-corrected chi connectivity index (χ0v) is 10.5. The standard InChI is InChI=1S/C14H22O2/c1-4-5-6-9-16-14-8-7-13(12(3)15)10-11(14)2/h7-8,10,12,15H,4-6,9H2,1-3H3. The van der Waals surface area contributed by atoms with E-state index in [2.05, 4.69) is 6.92 Å². The summed E-state index contributed by atoms with van der Waals surface area (Å²) in [6.45, 7) is 6.75. The molecular formula is C14H22O2. The predicted octanol–water partition coefficient (Wildman–Crippen LogP) is 3.62. The maximum atomic E-state index is 9.44. The molecule has 0 aromatic heterocycles. The molecule has 0 amide bonds. The van der Waals surface area contributed by atoms with Gasteiger partial charge in [0, 0.05) is 0 Å². The lowest BCUT2D eigenvalue weighted by atomic mass is 10.1. The minimum atomic E-state index is -0.409. The van der Waals surface area contributed by atoms with Gasteiger partial charge in [-0.05, 0) is 43.5 Å². The molecule has 0 aliphatic rings. The third-order valence-electron chi connectivity index (χ3n) is 2.69. The molecule has 0 spiro atoms. The van der Waals surface area contributed by atoms with Gasteiger partial charge in [0.25, 0.3) is 0 Å². The molecule has 0 radical (unpaired) electrons. The van der Waals surface area contributed by atoms with Crippen LogP contribution in [-0.2, 0) is 0 Å². The van der Waals surface area contributed by atoms with E-state index in [0.29, 0.717) is 0 Å². The van der Waals surface area contributed by atoms with Crippen LogP contribution in [0.25, 0.3) is 0 Å². The fourth-order valence-corrected chi connectivity index (χ4v) is 1.63. The second-order valence-electron chi connectivity index (χ2n) is 4.26. The van der Waals surface area contributed by atoms with Crippen LogP contribution in [0.1, 0.15) is 50.3 Å². The summed E-state index contributed by atoms with van der Waals surface area (Å²) in [6, 6.07) is 5.86. The zero-order chi connectivity index (χ0) is 12.0. The van der Waals surface area contributed by atoms with Gasteiger partial charge in [-0.25, -0.2) is 0 Å². The fourth-order valence-electron chi connectivity index (χ4n) is 1.63. The van der Waals surface area contributed by atoms with Crippen LogP contribution in [0.3, 0.4) is 0 Å². The van der Waals surface area contributed by atoms with Crippen LogP contribution < -0.4 is 4.74 Å². The first-order valence-corrected chi connectivity index (χ1v) is 6.06. The Hall–Kier alpha value is -1.02. The highest BCUT2D eigenvalue weighted by molar-refractivity contribution is 5.36. The van der Waals surface area contributed by atoms with Gasteiger partial charge < -0.3 is 9.84 Å². The number of rotatable bonds is 6. The topological polar surface area (TPSA) is 29.5 Å². The molecule has 1 rings (SSSR count). The lowest BCUT2D eigenvalue weighted by Gasteiger charge is -2.11. The smallest absolute Gasteiger partial charge is 0.122 e. The average molecular weight is 222 g/mol. The molecule has 2 nitrogen and oxygen atoms in total. The van der Waals surface area contributed by atoms with Gasteiger partial charge in [0.15, 0.2) is 0 Å². The molecule has 2 heteroatoms. The van der Waals surface area contributed by atoms with Crippen molar-refractivity contribution in [2.45, 2.75) is 46.1 Å². The first-order chi connectivity index (χ1) is 7.65. The number of hydrogen-bond acceptors (Lipinski definition) is 2. The maximum Gasteiger partial charge on any atom is 0.122 e. The number of unbranched alkanes of at least 4 members (excludes halogenated alkanes) is 2. The Labute approximate surface area is 98.3 Å². The first-order valence-electron chi connectivity index (χ1n) is 6.06. The molecule has 0 aliphatic heterocycles. The maximum absolute atomic E-state index is 9.44. The molecule has 0 fully saturated rings. The van der Waals surface area contributed by atoms with E-state index in [4.69, 9.17) is 4.74 Å². The molecule has 1 unspecified atom stereocenters. The summed E-state index contributed by atoms with van der Waals surface area (Å²) in [4.78, 5) is 0. The van der Waals surface area contributed by atoms with E-state index in [1.54, 1.807) is 6.92 Å². The monoisotopic (exact) mass is 222 g/mol. The van der Waals surface area contributed by atoms with Crippen molar-refractivity contribution in [2.75, 3.05) is 6.61 Å². The third-order valence-corrected chi connectivity index (χ3v) is 2.69. The normalized spacial score (nSPS) is 12.5. The lowest BCUT2D eigenvalue weighted by molar-refractivity contribution is 0.199. The second-order valence-corrected chi connectivity index (χ2v) is 4.26. The lowest BCUT2D eigenvalue weighted by Crippen LogP contribution is -2.00. The number of ether oxygens (including phenoxy) is 1.